The van der Waals surface area contributed by atoms with Gasteiger partial charge in [-0.2, -0.15) is 0 Å². The molecule has 0 unspecified atom stereocenters. The molecule has 1 heterocycles. The topological polar surface area (TPSA) is 72.9 Å². The summed E-state index contributed by atoms with van der Waals surface area (Å²) in [6.07, 6.45) is 6.97. The minimum atomic E-state index is -0.377. The number of hydrogen-bond acceptors (Lipinski definition) is 3. The number of nitrogens with zero attached hydrogens (tertiary/aromatic N) is 2. The first-order chi connectivity index (χ1) is 7.24. The number of rotatable bonds is 6. The van der Waals surface area contributed by atoms with Crippen molar-refractivity contribution in [1.29, 1.82) is 0 Å². The summed E-state index contributed by atoms with van der Waals surface area (Å²) in [5, 5.41) is 2.80. The van der Waals surface area contributed by atoms with Crippen LogP contribution in [0.1, 0.15) is 19.8 Å². The van der Waals surface area contributed by atoms with Crippen LogP contribution in [0.25, 0.3) is 0 Å². The molecule has 0 aromatic carbocycles. The van der Waals surface area contributed by atoms with E-state index in [9.17, 15) is 4.79 Å². The third kappa shape index (κ3) is 4.12. The summed E-state index contributed by atoms with van der Waals surface area (Å²) >= 11 is 0. The highest BCUT2D eigenvalue weighted by atomic mass is 16.2. The van der Waals surface area contributed by atoms with Crippen molar-refractivity contribution in [1.82, 2.24) is 14.9 Å². The van der Waals surface area contributed by atoms with Gasteiger partial charge in [0.2, 0.25) is 5.91 Å². The van der Waals surface area contributed by atoms with Crippen molar-refractivity contribution in [3.63, 3.8) is 0 Å². The van der Waals surface area contributed by atoms with Crippen LogP contribution in [0.5, 0.6) is 0 Å². The third-order valence-electron chi connectivity index (χ3n) is 2.23. The van der Waals surface area contributed by atoms with Crippen molar-refractivity contribution in [2.24, 2.45) is 5.73 Å². The summed E-state index contributed by atoms with van der Waals surface area (Å²) < 4.78 is 1.98. The van der Waals surface area contributed by atoms with Gasteiger partial charge < -0.3 is 15.6 Å². The Bertz CT molecular complexity index is 284. The lowest BCUT2D eigenvalue weighted by atomic mass is 10.2. The Labute approximate surface area is 89.7 Å². The predicted molar refractivity (Wildman–Crippen MR) is 58.1 cm³/mol. The Morgan fingerprint density at radius 2 is 2.47 bits per heavy atom. The average Bonchev–Trinajstić information content (AvgIpc) is 2.75. The van der Waals surface area contributed by atoms with Gasteiger partial charge in [0.15, 0.2) is 0 Å². The van der Waals surface area contributed by atoms with Gasteiger partial charge in [-0.15, -0.1) is 0 Å². The summed E-state index contributed by atoms with van der Waals surface area (Å²) in [4.78, 5) is 15.2. The molecule has 1 amide bonds. The van der Waals surface area contributed by atoms with E-state index < -0.39 is 0 Å². The monoisotopic (exact) mass is 210 g/mol. The normalized spacial score (nSPS) is 12.4. The first-order valence-corrected chi connectivity index (χ1v) is 5.23. The van der Waals surface area contributed by atoms with Crippen molar-refractivity contribution in [2.75, 3.05) is 6.54 Å². The zero-order valence-corrected chi connectivity index (χ0v) is 9.02. The maximum atomic E-state index is 11.3. The summed E-state index contributed by atoms with van der Waals surface area (Å²) in [7, 11) is 0. The molecular formula is C10H18N4O. The molecule has 1 aromatic rings. The summed E-state index contributed by atoms with van der Waals surface area (Å²) in [5.41, 5.74) is 5.57. The quantitative estimate of drug-likeness (QED) is 0.655. The molecule has 0 radical (unpaired) electrons. The number of hydrogen-bond donors (Lipinski definition) is 2. The molecule has 0 aliphatic rings. The largest absolute Gasteiger partial charge is 0.355 e. The first-order valence-electron chi connectivity index (χ1n) is 5.23. The summed E-state index contributed by atoms with van der Waals surface area (Å²) in [6.45, 7) is 3.42. The molecule has 1 aromatic heterocycles. The third-order valence-corrected chi connectivity index (χ3v) is 2.23. The molecule has 1 rings (SSSR count). The van der Waals surface area contributed by atoms with Crippen molar-refractivity contribution in [3.8, 4) is 0 Å². The fourth-order valence-corrected chi connectivity index (χ4v) is 1.21. The number of nitrogens with one attached hydrogen (secondary N) is 1. The lowest BCUT2D eigenvalue weighted by molar-refractivity contribution is -0.122. The van der Waals surface area contributed by atoms with Crippen LogP contribution in [0.3, 0.4) is 0 Å². The van der Waals surface area contributed by atoms with E-state index in [0.717, 1.165) is 13.0 Å². The van der Waals surface area contributed by atoms with Crippen LogP contribution < -0.4 is 11.1 Å². The molecule has 15 heavy (non-hydrogen) atoms. The van der Waals surface area contributed by atoms with E-state index in [1.54, 1.807) is 12.5 Å². The molecule has 84 valence electrons. The summed E-state index contributed by atoms with van der Waals surface area (Å²) in [6, 6.07) is -0.377. The van der Waals surface area contributed by atoms with Gasteiger partial charge >= 0.3 is 0 Å². The van der Waals surface area contributed by atoms with Gasteiger partial charge in [0.05, 0.1) is 12.4 Å². The molecule has 0 saturated carbocycles. The van der Waals surface area contributed by atoms with E-state index in [0.29, 0.717) is 13.0 Å². The molecule has 1 atom stereocenters. The number of aromatic nitrogens is 2. The number of nitrogens with two attached hydrogens (primary N) is 1. The second kappa shape index (κ2) is 6.19. The van der Waals surface area contributed by atoms with E-state index in [1.165, 1.54) is 0 Å². The molecule has 0 aliphatic heterocycles. The Morgan fingerprint density at radius 1 is 1.67 bits per heavy atom. The molecule has 0 saturated heterocycles. The van der Waals surface area contributed by atoms with E-state index in [2.05, 4.69) is 10.3 Å². The highest BCUT2D eigenvalue weighted by molar-refractivity contribution is 5.81. The Morgan fingerprint density at radius 3 is 3.07 bits per heavy atom. The molecule has 0 fully saturated rings. The minimum absolute atomic E-state index is 0.0665. The highest BCUT2D eigenvalue weighted by Crippen LogP contribution is 1.90. The number of aryl methyl sites for hydroxylation is 1. The van der Waals surface area contributed by atoms with Crippen molar-refractivity contribution >= 4 is 5.91 Å². The highest BCUT2D eigenvalue weighted by Gasteiger charge is 2.08. The molecular weight excluding hydrogens is 192 g/mol. The maximum Gasteiger partial charge on any atom is 0.236 e. The van der Waals surface area contributed by atoms with Gasteiger partial charge in [0.1, 0.15) is 0 Å². The van der Waals surface area contributed by atoms with Crippen LogP contribution in [-0.2, 0) is 11.3 Å². The first kappa shape index (κ1) is 11.7. The zero-order valence-electron chi connectivity index (χ0n) is 9.02. The number of amides is 1. The van der Waals surface area contributed by atoms with Gasteiger partial charge in [0.25, 0.3) is 0 Å². The van der Waals surface area contributed by atoms with Crippen LogP contribution in [0.4, 0.5) is 0 Å². The average molecular weight is 210 g/mol. The number of carbonyl (C=O) groups excluding carboxylic acids is 1. The van der Waals surface area contributed by atoms with Gasteiger partial charge in [0, 0.05) is 25.5 Å². The van der Waals surface area contributed by atoms with Gasteiger partial charge in [-0.1, -0.05) is 6.92 Å². The van der Waals surface area contributed by atoms with Crippen molar-refractivity contribution < 1.29 is 4.79 Å². The number of carbonyl (C=O) groups is 1. The standard InChI is InChI=1S/C10H18N4O/c1-2-9(11)10(15)13-4-3-6-14-7-5-12-8-14/h5,7-9H,2-4,6,11H2,1H3,(H,13,15)/t9-/m0/s1. The lowest BCUT2D eigenvalue weighted by Crippen LogP contribution is -2.40. The van der Waals surface area contributed by atoms with E-state index in [1.807, 2.05) is 17.7 Å². The smallest absolute Gasteiger partial charge is 0.236 e. The van der Waals surface area contributed by atoms with Crippen molar-refractivity contribution in [3.05, 3.63) is 18.7 Å². The maximum absolute atomic E-state index is 11.3. The fourth-order valence-electron chi connectivity index (χ4n) is 1.21. The molecule has 3 N–H and O–H groups in total. The summed E-state index contributed by atoms with van der Waals surface area (Å²) in [5.74, 6) is -0.0665. The van der Waals surface area contributed by atoms with Crippen LogP contribution in [-0.4, -0.2) is 28.0 Å². The van der Waals surface area contributed by atoms with Crippen LogP contribution in [0, 0.1) is 0 Å². The molecule has 0 spiro atoms. The zero-order chi connectivity index (χ0) is 11.1. The van der Waals surface area contributed by atoms with Gasteiger partial charge in [-0.3, -0.25) is 4.79 Å². The molecule has 0 aliphatic carbocycles. The SMILES string of the molecule is CC[C@H](N)C(=O)NCCCn1ccnc1. The van der Waals surface area contributed by atoms with Gasteiger partial charge in [-0.25, -0.2) is 4.98 Å². The Balaban J connectivity index is 2.09. The van der Waals surface area contributed by atoms with Crippen LogP contribution >= 0.6 is 0 Å². The second-order valence-corrected chi connectivity index (χ2v) is 3.46. The van der Waals surface area contributed by atoms with E-state index in [-0.39, 0.29) is 11.9 Å². The van der Waals surface area contributed by atoms with Crippen LogP contribution in [0.2, 0.25) is 0 Å². The lowest BCUT2D eigenvalue weighted by Gasteiger charge is -2.09. The minimum Gasteiger partial charge on any atom is -0.355 e. The molecule has 5 heteroatoms. The Kier molecular flexibility index (Phi) is 4.83. The van der Waals surface area contributed by atoms with E-state index in [4.69, 9.17) is 5.73 Å². The molecule has 5 nitrogen and oxygen atoms in total. The Hall–Kier alpha value is -1.36. The van der Waals surface area contributed by atoms with Gasteiger partial charge in [-0.05, 0) is 12.8 Å². The predicted octanol–water partition coefficient (Wildman–Crippen LogP) is 0.127. The molecule has 0 bridgehead atoms. The van der Waals surface area contributed by atoms with Crippen molar-refractivity contribution in [2.45, 2.75) is 32.4 Å². The fraction of sp³-hybridized carbons (Fsp3) is 0.600. The van der Waals surface area contributed by atoms with E-state index >= 15 is 0 Å². The second-order valence-electron chi connectivity index (χ2n) is 3.46. The number of imidazole rings is 1. The van der Waals surface area contributed by atoms with Crippen LogP contribution in [0.15, 0.2) is 18.7 Å².